The minimum atomic E-state index is 0.534. The van der Waals surface area contributed by atoms with Crippen LogP contribution in [0, 0.1) is 11.8 Å². The van der Waals surface area contributed by atoms with Crippen LogP contribution in [0.1, 0.15) is 31.2 Å². The highest BCUT2D eigenvalue weighted by Gasteiger charge is 2.39. The highest BCUT2D eigenvalue weighted by molar-refractivity contribution is 7.80. The van der Waals surface area contributed by atoms with Crippen molar-refractivity contribution in [3.05, 3.63) is 35.9 Å². The third-order valence-corrected chi connectivity index (χ3v) is 5.11. The van der Waals surface area contributed by atoms with E-state index in [0.717, 1.165) is 11.8 Å². The largest absolute Gasteiger partial charge is 0.358 e. The van der Waals surface area contributed by atoms with Gasteiger partial charge in [-0.15, -0.1) is 0 Å². The summed E-state index contributed by atoms with van der Waals surface area (Å²) in [4.78, 5) is 0. The van der Waals surface area contributed by atoms with Crippen molar-refractivity contribution >= 4 is 34.7 Å². The van der Waals surface area contributed by atoms with Gasteiger partial charge in [-0.3, -0.25) is 10.9 Å². The molecule has 118 valence electrons. The van der Waals surface area contributed by atoms with E-state index in [0.29, 0.717) is 22.8 Å². The second kappa shape index (κ2) is 7.24. The number of rotatable bonds is 3. The average Bonchev–Trinajstić information content (AvgIpc) is 3.14. The minimum absolute atomic E-state index is 0.534. The van der Waals surface area contributed by atoms with Crippen molar-refractivity contribution in [3.8, 4) is 0 Å². The summed E-state index contributed by atoms with van der Waals surface area (Å²) in [6.45, 7) is 0.695. The van der Waals surface area contributed by atoms with Crippen molar-refractivity contribution in [2.45, 2.75) is 38.3 Å². The van der Waals surface area contributed by atoms with Crippen LogP contribution in [0.15, 0.2) is 30.3 Å². The first-order valence-electron chi connectivity index (χ1n) is 7.85. The van der Waals surface area contributed by atoms with Crippen LogP contribution in [0.5, 0.6) is 0 Å². The van der Waals surface area contributed by atoms with Crippen molar-refractivity contribution in [1.29, 1.82) is 0 Å². The normalized spacial score (nSPS) is 25.5. The Morgan fingerprint density at radius 2 is 1.77 bits per heavy atom. The van der Waals surface area contributed by atoms with E-state index in [-0.39, 0.29) is 0 Å². The standard InChI is InChI=1S/C16H22N4S2/c21-15(17-10-11-4-2-1-3-5-11)19-20-16(22)18-14-9-12-6-7-13(14)8-12/h1-5,12-14H,6-10H2,(H2,17,19,21)(H2,18,20,22)/t12-,13-,14-/m0/s1. The highest BCUT2D eigenvalue weighted by atomic mass is 32.1. The molecule has 1 aromatic rings. The van der Waals surface area contributed by atoms with E-state index in [9.17, 15) is 0 Å². The van der Waals surface area contributed by atoms with E-state index in [1.807, 2.05) is 18.2 Å². The molecule has 4 nitrogen and oxygen atoms in total. The molecule has 0 radical (unpaired) electrons. The van der Waals surface area contributed by atoms with Gasteiger partial charge >= 0.3 is 0 Å². The first kappa shape index (κ1) is 15.5. The zero-order valence-corrected chi connectivity index (χ0v) is 14.1. The van der Waals surface area contributed by atoms with Gasteiger partial charge in [-0.25, -0.2) is 0 Å². The van der Waals surface area contributed by atoms with Crippen molar-refractivity contribution in [1.82, 2.24) is 21.5 Å². The van der Waals surface area contributed by atoms with Crippen LogP contribution >= 0.6 is 24.4 Å². The number of hydrazine groups is 1. The number of nitrogens with one attached hydrogen (secondary N) is 4. The van der Waals surface area contributed by atoms with Crippen molar-refractivity contribution in [3.63, 3.8) is 0 Å². The lowest BCUT2D eigenvalue weighted by Gasteiger charge is -2.24. The molecule has 0 aromatic heterocycles. The number of fused-ring (bicyclic) bond motifs is 2. The van der Waals surface area contributed by atoms with E-state index in [1.54, 1.807) is 0 Å². The van der Waals surface area contributed by atoms with E-state index in [2.05, 4.69) is 33.6 Å². The van der Waals surface area contributed by atoms with Crippen molar-refractivity contribution < 1.29 is 0 Å². The lowest BCUT2D eigenvalue weighted by atomic mass is 9.96. The molecule has 0 aliphatic heterocycles. The molecule has 6 heteroatoms. The SMILES string of the molecule is S=C(NCc1ccccc1)NNC(=S)N[C@H]1C[C@H]2CC[C@H]1C2. The smallest absolute Gasteiger partial charge is 0.185 e. The first-order chi connectivity index (χ1) is 10.7. The summed E-state index contributed by atoms with van der Waals surface area (Å²) in [6.07, 6.45) is 5.36. The molecular formula is C16H22N4S2. The summed E-state index contributed by atoms with van der Waals surface area (Å²) in [5.74, 6) is 1.71. The second-order valence-corrected chi connectivity index (χ2v) is 6.99. The Morgan fingerprint density at radius 3 is 2.45 bits per heavy atom. The molecule has 2 aliphatic rings. The van der Waals surface area contributed by atoms with Gasteiger partial charge < -0.3 is 10.6 Å². The zero-order valence-electron chi connectivity index (χ0n) is 12.5. The molecule has 2 aliphatic carbocycles. The van der Waals surface area contributed by atoms with Crippen LogP contribution in [0.4, 0.5) is 0 Å². The molecular weight excluding hydrogens is 312 g/mol. The van der Waals surface area contributed by atoms with Gasteiger partial charge in [0.05, 0.1) is 0 Å². The molecule has 0 saturated heterocycles. The topological polar surface area (TPSA) is 48.1 Å². The van der Waals surface area contributed by atoms with E-state index >= 15 is 0 Å². The van der Waals surface area contributed by atoms with Crippen molar-refractivity contribution in [2.24, 2.45) is 11.8 Å². The summed E-state index contributed by atoms with van der Waals surface area (Å²) in [5.41, 5.74) is 7.10. The van der Waals surface area contributed by atoms with Gasteiger partial charge in [-0.05, 0) is 61.1 Å². The maximum absolute atomic E-state index is 5.33. The van der Waals surface area contributed by atoms with Crippen LogP contribution in [0.25, 0.3) is 0 Å². The summed E-state index contributed by atoms with van der Waals surface area (Å²) in [7, 11) is 0. The summed E-state index contributed by atoms with van der Waals surface area (Å²) in [5, 5.41) is 7.72. The molecule has 0 heterocycles. The lowest BCUT2D eigenvalue weighted by molar-refractivity contribution is 0.389. The zero-order chi connectivity index (χ0) is 15.4. The van der Waals surface area contributed by atoms with Gasteiger partial charge in [-0.1, -0.05) is 36.8 Å². The van der Waals surface area contributed by atoms with E-state index in [4.69, 9.17) is 24.4 Å². The fraction of sp³-hybridized carbons (Fsp3) is 0.500. The molecule has 0 amide bonds. The quantitative estimate of drug-likeness (QED) is 0.502. The number of hydrogen-bond donors (Lipinski definition) is 4. The molecule has 2 bridgehead atoms. The van der Waals surface area contributed by atoms with E-state index in [1.165, 1.54) is 31.2 Å². The first-order valence-corrected chi connectivity index (χ1v) is 8.66. The molecule has 4 N–H and O–H groups in total. The fourth-order valence-electron chi connectivity index (χ4n) is 3.56. The summed E-state index contributed by atoms with van der Waals surface area (Å²) < 4.78 is 0. The molecule has 1 aromatic carbocycles. The predicted molar refractivity (Wildman–Crippen MR) is 97.1 cm³/mol. The maximum atomic E-state index is 5.33. The Hall–Kier alpha value is -1.40. The van der Waals surface area contributed by atoms with E-state index < -0.39 is 0 Å². The van der Waals surface area contributed by atoms with Crippen LogP contribution in [-0.2, 0) is 6.54 Å². The maximum Gasteiger partial charge on any atom is 0.185 e. The Balaban J connectivity index is 1.33. The number of thiocarbonyl (C=S) groups is 2. The Kier molecular flexibility index (Phi) is 5.10. The van der Waals surface area contributed by atoms with Gasteiger partial charge in [0, 0.05) is 12.6 Å². The van der Waals surface area contributed by atoms with Gasteiger partial charge in [0.25, 0.3) is 0 Å². The number of hydrogen-bond acceptors (Lipinski definition) is 2. The molecule has 0 spiro atoms. The van der Waals surface area contributed by atoms with Crippen LogP contribution in [0.3, 0.4) is 0 Å². The van der Waals surface area contributed by atoms with Crippen LogP contribution < -0.4 is 21.5 Å². The molecule has 0 unspecified atom stereocenters. The third-order valence-electron chi connectivity index (χ3n) is 4.64. The van der Waals surface area contributed by atoms with Gasteiger partial charge in [0.1, 0.15) is 0 Å². The fourth-order valence-corrected chi connectivity index (χ4v) is 3.89. The Morgan fingerprint density at radius 1 is 1.00 bits per heavy atom. The summed E-state index contributed by atoms with van der Waals surface area (Å²) >= 11 is 10.6. The highest BCUT2D eigenvalue weighted by Crippen LogP contribution is 2.44. The molecule has 3 rings (SSSR count). The summed E-state index contributed by atoms with van der Waals surface area (Å²) in [6, 6.07) is 10.7. The Labute approximate surface area is 142 Å². The van der Waals surface area contributed by atoms with Gasteiger partial charge in [0.15, 0.2) is 10.2 Å². The van der Waals surface area contributed by atoms with Crippen LogP contribution in [-0.4, -0.2) is 16.3 Å². The predicted octanol–water partition coefficient (Wildman–Crippen LogP) is 2.22. The molecule has 22 heavy (non-hydrogen) atoms. The number of benzene rings is 1. The monoisotopic (exact) mass is 334 g/mol. The van der Waals surface area contributed by atoms with Crippen molar-refractivity contribution in [2.75, 3.05) is 0 Å². The molecule has 2 fully saturated rings. The minimum Gasteiger partial charge on any atom is -0.358 e. The Bertz CT molecular complexity index is 534. The molecule has 2 saturated carbocycles. The van der Waals surface area contributed by atoms with Crippen LogP contribution in [0.2, 0.25) is 0 Å². The average molecular weight is 335 g/mol. The van der Waals surface area contributed by atoms with Gasteiger partial charge in [0.2, 0.25) is 0 Å². The lowest BCUT2D eigenvalue weighted by Crippen LogP contribution is -2.52. The van der Waals surface area contributed by atoms with Gasteiger partial charge in [-0.2, -0.15) is 0 Å². The second-order valence-electron chi connectivity index (χ2n) is 6.17. The third kappa shape index (κ3) is 4.08. The molecule has 3 atom stereocenters.